The minimum absolute atomic E-state index is 0.102. The molecule has 3 rings (SSSR count). The molecule has 0 saturated carbocycles. The first-order chi connectivity index (χ1) is 15.7. The Balaban J connectivity index is 1.74. The maximum atomic E-state index is 12.6. The number of amides is 2. The largest absolute Gasteiger partial charge is 0.493 e. The van der Waals surface area contributed by atoms with Crippen LogP contribution in [0.5, 0.6) is 11.5 Å². The van der Waals surface area contributed by atoms with Crippen LogP contribution in [0.4, 0.5) is 5.69 Å². The molecule has 0 radical (unpaired) electrons. The van der Waals surface area contributed by atoms with E-state index in [4.69, 9.17) is 33.3 Å². The van der Waals surface area contributed by atoms with E-state index in [0.717, 1.165) is 17.5 Å². The number of halogens is 2. The zero-order valence-corrected chi connectivity index (χ0v) is 22.2. The van der Waals surface area contributed by atoms with Crippen molar-refractivity contribution in [1.29, 1.82) is 0 Å². The third-order valence-electron chi connectivity index (χ3n) is 4.69. The third-order valence-corrected chi connectivity index (χ3v) is 6.89. The van der Waals surface area contributed by atoms with Crippen molar-refractivity contribution < 1.29 is 19.1 Å². The molecule has 1 aliphatic rings. The molecule has 33 heavy (non-hydrogen) atoms. The third kappa shape index (κ3) is 6.29. The van der Waals surface area contributed by atoms with Gasteiger partial charge in [-0.2, -0.15) is 0 Å². The van der Waals surface area contributed by atoms with Gasteiger partial charge in [-0.3, -0.25) is 14.5 Å². The average molecular weight is 570 g/mol. The number of thioether (sulfide) groups is 1. The number of nitrogens with zero attached hydrogens (tertiary/aromatic N) is 1. The van der Waals surface area contributed by atoms with E-state index < -0.39 is 0 Å². The number of hydrogen-bond donors (Lipinski definition) is 1. The van der Waals surface area contributed by atoms with Crippen molar-refractivity contribution in [2.75, 3.05) is 25.6 Å². The molecule has 0 aromatic heterocycles. The molecule has 0 unspecified atom stereocenters. The molecule has 0 spiro atoms. The van der Waals surface area contributed by atoms with Gasteiger partial charge < -0.3 is 14.8 Å². The summed E-state index contributed by atoms with van der Waals surface area (Å²) >= 11 is 16.1. The van der Waals surface area contributed by atoms with Gasteiger partial charge in [0.15, 0.2) is 18.1 Å². The van der Waals surface area contributed by atoms with Crippen LogP contribution in [0, 0.1) is 6.92 Å². The SMILES string of the molecule is CCCN1C(=O)/C(=C/c2cc(Br)c(OCC(=O)Nc3cc(Cl)ccc3C)c(OC)c2)SC1=S. The van der Waals surface area contributed by atoms with Crippen LogP contribution in [-0.2, 0) is 9.59 Å². The number of anilines is 1. The number of nitrogens with one attached hydrogen (secondary N) is 1. The molecule has 174 valence electrons. The lowest BCUT2D eigenvalue weighted by Crippen LogP contribution is -2.28. The van der Waals surface area contributed by atoms with E-state index in [1.54, 1.807) is 35.2 Å². The summed E-state index contributed by atoms with van der Waals surface area (Å²) in [5.74, 6) is 0.366. The lowest BCUT2D eigenvalue weighted by atomic mass is 10.2. The van der Waals surface area contributed by atoms with Crippen LogP contribution in [0.15, 0.2) is 39.7 Å². The normalized spacial score (nSPS) is 14.7. The van der Waals surface area contributed by atoms with Gasteiger partial charge in [-0.05, 0) is 70.7 Å². The molecule has 10 heteroatoms. The van der Waals surface area contributed by atoms with Gasteiger partial charge in [-0.1, -0.05) is 48.6 Å². The number of aryl methyl sites for hydroxylation is 1. The van der Waals surface area contributed by atoms with Gasteiger partial charge in [0, 0.05) is 17.3 Å². The van der Waals surface area contributed by atoms with E-state index in [-0.39, 0.29) is 18.4 Å². The summed E-state index contributed by atoms with van der Waals surface area (Å²) in [6, 6.07) is 8.81. The number of thiocarbonyl (C=S) groups is 1. The summed E-state index contributed by atoms with van der Waals surface area (Å²) in [4.78, 5) is 27.2. The van der Waals surface area contributed by atoms with Crippen molar-refractivity contribution in [2.45, 2.75) is 20.3 Å². The molecule has 6 nitrogen and oxygen atoms in total. The zero-order chi connectivity index (χ0) is 24.1. The molecular weight excluding hydrogens is 548 g/mol. The predicted molar refractivity (Wildman–Crippen MR) is 141 cm³/mol. The van der Waals surface area contributed by atoms with E-state index in [2.05, 4.69) is 21.2 Å². The van der Waals surface area contributed by atoms with Crippen LogP contribution in [0.3, 0.4) is 0 Å². The van der Waals surface area contributed by atoms with Crippen molar-refractivity contribution in [2.24, 2.45) is 0 Å². The first-order valence-electron chi connectivity index (χ1n) is 10.0. The van der Waals surface area contributed by atoms with Crippen molar-refractivity contribution in [3.8, 4) is 11.5 Å². The van der Waals surface area contributed by atoms with Crippen LogP contribution in [0.25, 0.3) is 6.08 Å². The minimum Gasteiger partial charge on any atom is -0.493 e. The highest BCUT2D eigenvalue weighted by Crippen LogP contribution is 2.39. The highest BCUT2D eigenvalue weighted by molar-refractivity contribution is 9.10. The topological polar surface area (TPSA) is 67.9 Å². The molecule has 1 saturated heterocycles. The molecule has 0 bridgehead atoms. The fraction of sp³-hybridized carbons (Fsp3) is 0.261. The van der Waals surface area contributed by atoms with Crippen LogP contribution >= 0.6 is 51.5 Å². The van der Waals surface area contributed by atoms with Crippen LogP contribution in [0.2, 0.25) is 5.02 Å². The molecule has 1 heterocycles. The van der Waals surface area contributed by atoms with Gasteiger partial charge in [0.25, 0.3) is 11.8 Å². The number of benzene rings is 2. The number of rotatable bonds is 8. The summed E-state index contributed by atoms with van der Waals surface area (Å²) < 4.78 is 12.3. The van der Waals surface area contributed by atoms with E-state index in [9.17, 15) is 9.59 Å². The van der Waals surface area contributed by atoms with Crippen molar-refractivity contribution in [3.05, 3.63) is 55.9 Å². The zero-order valence-electron chi connectivity index (χ0n) is 18.2. The van der Waals surface area contributed by atoms with Gasteiger partial charge in [-0.15, -0.1) is 0 Å². The number of ether oxygens (including phenoxy) is 2. The summed E-state index contributed by atoms with van der Waals surface area (Å²) in [6.45, 7) is 4.25. The molecule has 1 fully saturated rings. The van der Waals surface area contributed by atoms with Gasteiger partial charge in [0.1, 0.15) is 4.32 Å². The maximum absolute atomic E-state index is 12.6. The standard InChI is InChI=1S/C23H22BrClN2O4S2/c1-4-7-27-22(29)19(33-23(27)32)10-14-8-16(24)21(18(9-14)30-3)31-12-20(28)26-17-11-15(25)6-5-13(17)2/h5-6,8-11H,4,7,12H2,1-3H3,(H,26,28)/b19-10-. The van der Waals surface area contributed by atoms with Crippen LogP contribution < -0.4 is 14.8 Å². The summed E-state index contributed by atoms with van der Waals surface area (Å²) in [5.41, 5.74) is 2.25. The lowest BCUT2D eigenvalue weighted by molar-refractivity contribution is -0.122. The molecule has 2 aromatic carbocycles. The monoisotopic (exact) mass is 568 g/mol. The van der Waals surface area contributed by atoms with E-state index in [1.165, 1.54) is 18.9 Å². The Morgan fingerprint density at radius 3 is 2.79 bits per heavy atom. The number of hydrogen-bond acceptors (Lipinski definition) is 6. The molecule has 1 N–H and O–H groups in total. The second kappa shape index (κ2) is 11.4. The Morgan fingerprint density at radius 1 is 1.33 bits per heavy atom. The van der Waals surface area contributed by atoms with Crippen LogP contribution in [-0.4, -0.2) is 41.3 Å². The Bertz CT molecular complexity index is 1140. The van der Waals surface area contributed by atoms with Crippen molar-refractivity contribution in [1.82, 2.24) is 4.90 Å². The average Bonchev–Trinajstić information content (AvgIpc) is 3.02. The van der Waals surface area contributed by atoms with E-state index >= 15 is 0 Å². The van der Waals surface area contributed by atoms with Gasteiger partial charge >= 0.3 is 0 Å². The van der Waals surface area contributed by atoms with Crippen molar-refractivity contribution >= 4 is 79.4 Å². The summed E-state index contributed by atoms with van der Waals surface area (Å²) in [7, 11) is 1.51. The Kier molecular flexibility index (Phi) is 8.81. The molecule has 2 amide bonds. The maximum Gasteiger partial charge on any atom is 0.266 e. The summed E-state index contributed by atoms with van der Waals surface area (Å²) in [6.07, 6.45) is 2.59. The van der Waals surface area contributed by atoms with E-state index in [1.807, 2.05) is 19.9 Å². The highest BCUT2D eigenvalue weighted by Gasteiger charge is 2.31. The summed E-state index contributed by atoms with van der Waals surface area (Å²) in [5, 5.41) is 3.32. The number of methoxy groups -OCH3 is 1. The van der Waals surface area contributed by atoms with E-state index in [0.29, 0.717) is 42.5 Å². The molecular formula is C23H22BrClN2O4S2. The Morgan fingerprint density at radius 2 is 2.09 bits per heavy atom. The van der Waals surface area contributed by atoms with Gasteiger partial charge in [0.05, 0.1) is 16.5 Å². The molecule has 0 aliphatic carbocycles. The lowest BCUT2D eigenvalue weighted by Gasteiger charge is -2.14. The molecule has 2 aromatic rings. The molecule has 0 atom stereocenters. The van der Waals surface area contributed by atoms with Crippen molar-refractivity contribution in [3.63, 3.8) is 0 Å². The quantitative estimate of drug-likeness (QED) is 0.308. The smallest absolute Gasteiger partial charge is 0.266 e. The number of carbonyl (C=O) groups is 2. The van der Waals surface area contributed by atoms with Gasteiger partial charge in [0.2, 0.25) is 0 Å². The highest BCUT2D eigenvalue weighted by atomic mass is 79.9. The number of carbonyl (C=O) groups excluding carboxylic acids is 2. The van der Waals surface area contributed by atoms with Gasteiger partial charge in [-0.25, -0.2) is 0 Å². The fourth-order valence-corrected chi connectivity index (χ4v) is 5.14. The Hall–Kier alpha value is -2.07. The van der Waals surface area contributed by atoms with Crippen LogP contribution in [0.1, 0.15) is 24.5 Å². The minimum atomic E-state index is -0.335. The fourth-order valence-electron chi connectivity index (χ4n) is 3.08. The second-order valence-corrected chi connectivity index (χ2v) is 10.1. The predicted octanol–water partition coefficient (Wildman–Crippen LogP) is 6.05. The second-order valence-electron chi connectivity index (χ2n) is 7.16. The Labute approximate surface area is 215 Å². The molecule has 1 aliphatic heterocycles. The first-order valence-corrected chi connectivity index (χ1v) is 12.4. The first kappa shape index (κ1) is 25.6.